The van der Waals surface area contributed by atoms with Gasteiger partial charge in [-0.15, -0.1) is 0 Å². The van der Waals surface area contributed by atoms with Crippen LogP contribution in [0.15, 0.2) is 0 Å². The largest absolute Gasteiger partial charge is 0.389 e. The van der Waals surface area contributed by atoms with Crippen molar-refractivity contribution >= 4 is 0 Å². The second-order valence-corrected chi connectivity index (χ2v) is 4.76. The van der Waals surface area contributed by atoms with Crippen LogP contribution in [-0.4, -0.2) is 34.5 Å². The maximum atomic E-state index is 9.75. The minimum Gasteiger partial charge on any atom is -0.389 e. The van der Waals surface area contributed by atoms with Gasteiger partial charge >= 0.3 is 0 Å². The van der Waals surface area contributed by atoms with Crippen molar-refractivity contribution in [1.29, 1.82) is 0 Å². The second-order valence-electron chi connectivity index (χ2n) is 4.76. The third-order valence-corrected chi connectivity index (χ3v) is 3.48. The Morgan fingerprint density at radius 1 is 0.846 bits per heavy atom. The zero-order valence-corrected chi connectivity index (χ0v) is 8.05. The molecule has 0 spiro atoms. The molecule has 76 valence electrons. The van der Waals surface area contributed by atoms with Gasteiger partial charge in [0.25, 0.3) is 0 Å². The molecule has 0 aromatic carbocycles. The zero-order chi connectivity index (χ0) is 9.36. The molecular weight excluding hydrogens is 166 g/mol. The molecule has 2 rings (SSSR count). The molecule has 2 aliphatic carbocycles. The first-order valence-corrected chi connectivity index (χ1v) is 5.28. The Bertz CT molecular complexity index is 165. The Balaban J connectivity index is 1.63. The van der Waals surface area contributed by atoms with E-state index in [1.165, 1.54) is 0 Å². The van der Waals surface area contributed by atoms with E-state index in [0.717, 1.165) is 38.5 Å². The summed E-state index contributed by atoms with van der Waals surface area (Å²) in [6.45, 7) is 1.30. The summed E-state index contributed by atoms with van der Waals surface area (Å²) < 4.78 is 0. The van der Waals surface area contributed by atoms with Crippen LogP contribution in [0.25, 0.3) is 0 Å². The lowest BCUT2D eigenvalue weighted by Gasteiger charge is -2.40. The van der Waals surface area contributed by atoms with Gasteiger partial charge in [0.2, 0.25) is 0 Å². The Morgan fingerprint density at radius 3 is 1.46 bits per heavy atom. The van der Waals surface area contributed by atoms with E-state index in [9.17, 15) is 10.2 Å². The molecule has 0 unspecified atom stereocenters. The smallest absolute Gasteiger partial charge is 0.0771 e. The summed E-state index contributed by atoms with van der Waals surface area (Å²) in [5.74, 6) is 0. The first-order chi connectivity index (χ1) is 6.12. The highest BCUT2D eigenvalue weighted by Gasteiger charge is 2.37. The van der Waals surface area contributed by atoms with E-state index in [2.05, 4.69) is 5.32 Å². The van der Waals surface area contributed by atoms with Crippen molar-refractivity contribution in [3.8, 4) is 0 Å². The van der Waals surface area contributed by atoms with Crippen LogP contribution >= 0.6 is 0 Å². The second kappa shape index (κ2) is 3.23. The molecule has 0 aliphatic heterocycles. The molecule has 3 N–H and O–H groups in total. The summed E-state index contributed by atoms with van der Waals surface area (Å²) in [6, 6.07) is 0. The van der Waals surface area contributed by atoms with Gasteiger partial charge in [0.1, 0.15) is 0 Å². The SMILES string of the molecule is OC1(CNCC2(O)CCC2)CCC1. The number of rotatable bonds is 4. The molecule has 2 fully saturated rings. The molecule has 3 heteroatoms. The molecule has 0 radical (unpaired) electrons. The predicted octanol–water partition coefficient (Wildman–Crippen LogP) is 0.406. The lowest BCUT2D eigenvalue weighted by molar-refractivity contribution is -0.0537. The van der Waals surface area contributed by atoms with Gasteiger partial charge in [0, 0.05) is 13.1 Å². The first kappa shape index (κ1) is 9.44. The van der Waals surface area contributed by atoms with Gasteiger partial charge in [0.15, 0.2) is 0 Å². The van der Waals surface area contributed by atoms with E-state index < -0.39 is 11.2 Å². The van der Waals surface area contributed by atoms with Gasteiger partial charge in [-0.3, -0.25) is 0 Å². The van der Waals surface area contributed by atoms with Crippen molar-refractivity contribution in [2.75, 3.05) is 13.1 Å². The van der Waals surface area contributed by atoms with Crippen molar-refractivity contribution in [1.82, 2.24) is 5.32 Å². The standard InChI is InChI=1S/C10H19NO2/c12-9(3-1-4-9)7-11-8-10(13)5-2-6-10/h11-13H,1-8H2. The van der Waals surface area contributed by atoms with Crippen LogP contribution in [0.4, 0.5) is 0 Å². The van der Waals surface area contributed by atoms with Crippen LogP contribution < -0.4 is 5.32 Å². The molecule has 0 bridgehead atoms. The van der Waals surface area contributed by atoms with E-state index in [1.807, 2.05) is 0 Å². The fourth-order valence-electron chi connectivity index (χ4n) is 2.05. The topological polar surface area (TPSA) is 52.5 Å². The maximum absolute atomic E-state index is 9.75. The molecule has 0 aromatic rings. The first-order valence-electron chi connectivity index (χ1n) is 5.28. The normalized spacial score (nSPS) is 29.1. The van der Waals surface area contributed by atoms with Crippen molar-refractivity contribution in [3.05, 3.63) is 0 Å². The van der Waals surface area contributed by atoms with Crippen molar-refractivity contribution < 1.29 is 10.2 Å². The monoisotopic (exact) mass is 185 g/mol. The van der Waals surface area contributed by atoms with E-state index in [1.54, 1.807) is 0 Å². The molecule has 2 aliphatic rings. The lowest BCUT2D eigenvalue weighted by Crippen LogP contribution is -2.52. The highest BCUT2D eigenvalue weighted by atomic mass is 16.3. The minimum absolute atomic E-state index is 0.458. The van der Waals surface area contributed by atoms with Gasteiger partial charge in [-0.1, -0.05) is 0 Å². The zero-order valence-electron chi connectivity index (χ0n) is 8.05. The third kappa shape index (κ3) is 2.03. The van der Waals surface area contributed by atoms with Crippen molar-refractivity contribution in [2.24, 2.45) is 0 Å². The summed E-state index contributed by atoms with van der Waals surface area (Å²) in [4.78, 5) is 0. The van der Waals surface area contributed by atoms with Crippen LogP contribution in [0.3, 0.4) is 0 Å². The van der Waals surface area contributed by atoms with Gasteiger partial charge < -0.3 is 15.5 Å². The molecule has 0 heterocycles. The van der Waals surface area contributed by atoms with Gasteiger partial charge in [-0.05, 0) is 38.5 Å². The van der Waals surface area contributed by atoms with Crippen molar-refractivity contribution in [3.63, 3.8) is 0 Å². The van der Waals surface area contributed by atoms with Gasteiger partial charge in [0.05, 0.1) is 11.2 Å². The number of nitrogens with one attached hydrogen (secondary N) is 1. The predicted molar refractivity (Wildman–Crippen MR) is 50.5 cm³/mol. The fraction of sp³-hybridized carbons (Fsp3) is 1.00. The number of hydrogen-bond donors (Lipinski definition) is 3. The molecule has 3 nitrogen and oxygen atoms in total. The van der Waals surface area contributed by atoms with Gasteiger partial charge in [-0.2, -0.15) is 0 Å². The minimum atomic E-state index is -0.458. The highest BCUT2D eigenvalue weighted by Crippen LogP contribution is 2.32. The molecular formula is C10H19NO2. The van der Waals surface area contributed by atoms with Gasteiger partial charge in [-0.25, -0.2) is 0 Å². The number of hydrogen-bond acceptors (Lipinski definition) is 3. The Kier molecular flexibility index (Phi) is 2.34. The Hall–Kier alpha value is -0.120. The molecule has 13 heavy (non-hydrogen) atoms. The summed E-state index contributed by atoms with van der Waals surface area (Å²) in [5, 5.41) is 22.7. The van der Waals surface area contributed by atoms with E-state index >= 15 is 0 Å². The maximum Gasteiger partial charge on any atom is 0.0771 e. The summed E-state index contributed by atoms with van der Waals surface area (Å²) in [6.07, 6.45) is 5.94. The van der Waals surface area contributed by atoms with E-state index in [0.29, 0.717) is 13.1 Å². The summed E-state index contributed by atoms with van der Waals surface area (Å²) >= 11 is 0. The van der Waals surface area contributed by atoms with Crippen LogP contribution in [0.2, 0.25) is 0 Å². The van der Waals surface area contributed by atoms with Crippen LogP contribution in [0.1, 0.15) is 38.5 Å². The summed E-state index contributed by atoms with van der Waals surface area (Å²) in [5.41, 5.74) is -0.916. The van der Waals surface area contributed by atoms with Crippen LogP contribution in [0.5, 0.6) is 0 Å². The Labute approximate surface area is 79.2 Å². The Morgan fingerprint density at radius 2 is 1.23 bits per heavy atom. The van der Waals surface area contributed by atoms with Crippen LogP contribution in [0, 0.1) is 0 Å². The molecule has 2 saturated carbocycles. The van der Waals surface area contributed by atoms with E-state index in [-0.39, 0.29) is 0 Å². The number of aliphatic hydroxyl groups is 2. The highest BCUT2D eigenvalue weighted by molar-refractivity contribution is 4.93. The quantitative estimate of drug-likeness (QED) is 0.594. The average molecular weight is 185 g/mol. The average Bonchev–Trinajstić information content (AvgIpc) is 1.98. The molecule has 0 atom stereocenters. The molecule has 0 saturated heterocycles. The molecule has 0 amide bonds. The fourth-order valence-corrected chi connectivity index (χ4v) is 2.05. The van der Waals surface area contributed by atoms with Crippen molar-refractivity contribution in [2.45, 2.75) is 49.7 Å². The lowest BCUT2D eigenvalue weighted by atomic mass is 9.78. The van der Waals surface area contributed by atoms with E-state index in [4.69, 9.17) is 0 Å². The third-order valence-electron chi connectivity index (χ3n) is 3.48. The molecule has 0 aromatic heterocycles. The van der Waals surface area contributed by atoms with Crippen LogP contribution in [-0.2, 0) is 0 Å². The summed E-state index contributed by atoms with van der Waals surface area (Å²) in [7, 11) is 0.